The molecule has 0 radical (unpaired) electrons. The molecule has 0 bridgehead atoms. The highest BCUT2D eigenvalue weighted by Crippen LogP contribution is 2.20. The number of benzene rings is 1. The highest BCUT2D eigenvalue weighted by Gasteiger charge is 2.29. The van der Waals surface area contributed by atoms with Crippen LogP contribution in [0.4, 0.5) is 0 Å². The zero-order valence-electron chi connectivity index (χ0n) is 13.5. The highest BCUT2D eigenvalue weighted by molar-refractivity contribution is 7.90. The van der Waals surface area contributed by atoms with Gasteiger partial charge in [0.2, 0.25) is 10.0 Å². The van der Waals surface area contributed by atoms with Crippen molar-refractivity contribution < 1.29 is 26.4 Å². The fraction of sp³-hybridized carbons (Fsp3) is 0.500. The van der Waals surface area contributed by atoms with Gasteiger partial charge in [0.1, 0.15) is 6.54 Å². The lowest BCUT2D eigenvalue weighted by atomic mass is 10.4. The Balaban J connectivity index is 3.18. The van der Waals surface area contributed by atoms with Crippen molar-refractivity contribution in [2.24, 2.45) is 0 Å². The van der Waals surface area contributed by atoms with Crippen LogP contribution in [0, 0.1) is 0 Å². The summed E-state index contributed by atoms with van der Waals surface area (Å²) in [4.78, 5) is 11.6. The summed E-state index contributed by atoms with van der Waals surface area (Å²) in [7, 11) is -7.35. The van der Waals surface area contributed by atoms with E-state index in [2.05, 4.69) is 0 Å². The van der Waals surface area contributed by atoms with Crippen molar-refractivity contribution in [3.8, 4) is 0 Å². The summed E-state index contributed by atoms with van der Waals surface area (Å²) >= 11 is 0. The van der Waals surface area contributed by atoms with Crippen molar-refractivity contribution in [2.75, 3.05) is 19.4 Å². The van der Waals surface area contributed by atoms with Crippen LogP contribution in [0.25, 0.3) is 0 Å². The lowest BCUT2D eigenvalue weighted by Gasteiger charge is -2.25. The van der Waals surface area contributed by atoms with Crippen LogP contribution in [-0.4, -0.2) is 52.6 Å². The van der Waals surface area contributed by atoms with Crippen molar-refractivity contribution in [1.82, 2.24) is 4.31 Å². The topological polar surface area (TPSA) is 97.8 Å². The number of esters is 1. The zero-order valence-corrected chi connectivity index (χ0v) is 15.1. The first-order chi connectivity index (χ1) is 10.5. The second-order valence-electron chi connectivity index (χ2n) is 5.19. The minimum Gasteiger partial charge on any atom is -0.465 e. The van der Waals surface area contributed by atoms with Crippen molar-refractivity contribution in [3.05, 3.63) is 24.3 Å². The third-order valence-corrected chi connectivity index (χ3v) is 6.19. The largest absolute Gasteiger partial charge is 0.465 e. The van der Waals surface area contributed by atoms with Crippen LogP contribution in [0.2, 0.25) is 0 Å². The molecule has 0 spiro atoms. The number of sulfone groups is 1. The molecule has 1 aromatic rings. The normalized spacial score (nSPS) is 12.6. The molecule has 0 unspecified atom stereocenters. The van der Waals surface area contributed by atoms with Crippen LogP contribution in [0.15, 0.2) is 34.1 Å². The summed E-state index contributed by atoms with van der Waals surface area (Å²) in [6, 6.07) is 4.42. The summed E-state index contributed by atoms with van der Waals surface area (Å²) in [6.45, 7) is 4.68. The average Bonchev–Trinajstić information content (AvgIpc) is 2.44. The Hall–Kier alpha value is -1.45. The van der Waals surface area contributed by atoms with Gasteiger partial charge in [-0.1, -0.05) is 0 Å². The molecule has 0 aromatic heterocycles. The number of sulfonamides is 1. The molecule has 9 heteroatoms. The third-order valence-electron chi connectivity index (χ3n) is 3.02. The van der Waals surface area contributed by atoms with Gasteiger partial charge in [0, 0.05) is 12.3 Å². The SMILES string of the molecule is CCOC(=O)CN(C(C)C)S(=O)(=O)c1ccc(S(C)(=O)=O)cc1. The molecule has 0 saturated carbocycles. The zero-order chi connectivity index (χ0) is 17.8. The molecule has 0 saturated heterocycles. The Bertz CT molecular complexity index is 751. The quantitative estimate of drug-likeness (QED) is 0.672. The Morgan fingerprint density at radius 3 is 1.96 bits per heavy atom. The summed E-state index contributed by atoms with van der Waals surface area (Å²) in [6.07, 6.45) is 1.04. The van der Waals surface area contributed by atoms with Gasteiger partial charge < -0.3 is 4.74 Å². The van der Waals surface area contributed by atoms with Crippen LogP contribution in [0.1, 0.15) is 20.8 Å². The minimum atomic E-state index is -3.94. The Morgan fingerprint density at radius 1 is 1.09 bits per heavy atom. The second kappa shape index (κ2) is 7.41. The lowest BCUT2D eigenvalue weighted by molar-refractivity contribution is -0.143. The van der Waals surface area contributed by atoms with Gasteiger partial charge >= 0.3 is 5.97 Å². The van der Waals surface area contributed by atoms with E-state index < -0.39 is 38.4 Å². The first kappa shape index (κ1) is 19.6. The molecule has 0 fully saturated rings. The molecule has 0 amide bonds. The van der Waals surface area contributed by atoms with Gasteiger partial charge in [-0.15, -0.1) is 0 Å². The van der Waals surface area contributed by atoms with Crippen molar-refractivity contribution in [2.45, 2.75) is 36.6 Å². The van der Waals surface area contributed by atoms with E-state index in [1.54, 1.807) is 20.8 Å². The predicted octanol–water partition coefficient (Wildman–Crippen LogP) is 1.05. The van der Waals surface area contributed by atoms with Crippen LogP contribution in [0.5, 0.6) is 0 Å². The molecule has 23 heavy (non-hydrogen) atoms. The van der Waals surface area contributed by atoms with E-state index in [0.717, 1.165) is 10.6 Å². The number of ether oxygens (including phenoxy) is 1. The van der Waals surface area contributed by atoms with E-state index in [4.69, 9.17) is 4.74 Å². The number of hydrogen-bond acceptors (Lipinski definition) is 6. The fourth-order valence-electron chi connectivity index (χ4n) is 1.87. The highest BCUT2D eigenvalue weighted by atomic mass is 32.2. The van der Waals surface area contributed by atoms with E-state index in [1.165, 1.54) is 24.3 Å². The molecular weight excluding hydrogens is 342 g/mol. The molecule has 0 heterocycles. The van der Waals surface area contributed by atoms with E-state index in [-0.39, 0.29) is 16.4 Å². The molecule has 0 aliphatic heterocycles. The molecule has 0 aliphatic rings. The molecular formula is C14H21NO6S2. The number of carbonyl (C=O) groups is 1. The van der Waals surface area contributed by atoms with Gasteiger partial charge in [0.25, 0.3) is 0 Å². The standard InChI is InChI=1S/C14H21NO6S2/c1-5-21-14(16)10-15(11(2)3)23(19,20)13-8-6-12(7-9-13)22(4,17)18/h6-9,11H,5,10H2,1-4H3. The van der Waals surface area contributed by atoms with Gasteiger partial charge in [-0.05, 0) is 45.0 Å². The number of carbonyl (C=O) groups excluding carboxylic acids is 1. The first-order valence-corrected chi connectivity index (χ1v) is 10.3. The van der Waals surface area contributed by atoms with Gasteiger partial charge in [0.05, 0.1) is 16.4 Å². The maximum absolute atomic E-state index is 12.6. The average molecular weight is 363 g/mol. The van der Waals surface area contributed by atoms with Crippen LogP contribution < -0.4 is 0 Å². The third kappa shape index (κ3) is 5.02. The van der Waals surface area contributed by atoms with Crippen LogP contribution in [0.3, 0.4) is 0 Å². The fourth-order valence-corrected chi connectivity index (χ4v) is 4.08. The van der Waals surface area contributed by atoms with E-state index in [9.17, 15) is 21.6 Å². The number of hydrogen-bond donors (Lipinski definition) is 0. The number of rotatable bonds is 7. The summed E-state index contributed by atoms with van der Waals surface area (Å²) in [5, 5.41) is 0. The first-order valence-electron chi connectivity index (χ1n) is 6.97. The Labute approximate surface area is 137 Å². The van der Waals surface area contributed by atoms with Gasteiger partial charge in [-0.25, -0.2) is 16.8 Å². The van der Waals surface area contributed by atoms with Gasteiger partial charge in [-0.3, -0.25) is 4.79 Å². The molecule has 1 rings (SSSR count). The van der Waals surface area contributed by atoms with Crippen molar-refractivity contribution >= 4 is 25.8 Å². The van der Waals surface area contributed by atoms with Crippen molar-refractivity contribution in [3.63, 3.8) is 0 Å². The smallest absolute Gasteiger partial charge is 0.321 e. The summed E-state index contributed by atoms with van der Waals surface area (Å²) in [5.74, 6) is -0.641. The minimum absolute atomic E-state index is 0.0259. The monoisotopic (exact) mass is 363 g/mol. The summed E-state index contributed by atoms with van der Waals surface area (Å²) < 4.78 is 54.0. The lowest BCUT2D eigenvalue weighted by Crippen LogP contribution is -2.41. The summed E-state index contributed by atoms with van der Waals surface area (Å²) in [5.41, 5.74) is 0. The molecule has 1 aromatic carbocycles. The van der Waals surface area contributed by atoms with Crippen LogP contribution in [-0.2, 0) is 29.4 Å². The molecule has 0 atom stereocenters. The molecule has 0 N–H and O–H groups in total. The Morgan fingerprint density at radius 2 is 1.57 bits per heavy atom. The maximum atomic E-state index is 12.6. The predicted molar refractivity (Wildman–Crippen MR) is 85.2 cm³/mol. The molecule has 7 nitrogen and oxygen atoms in total. The second-order valence-corrected chi connectivity index (χ2v) is 9.10. The Kier molecular flexibility index (Phi) is 6.32. The maximum Gasteiger partial charge on any atom is 0.321 e. The number of nitrogens with zero attached hydrogens (tertiary/aromatic N) is 1. The molecule has 0 aliphatic carbocycles. The van der Waals surface area contributed by atoms with Crippen molar-refractivity contribution in [1.29, 1.82) is 0 Å². The van der Waals surface area contributed by atoms with Gasteiger partial charge in [0.15, 0.2) is 9.84 Å². The van der Waals surface area contributed by atoms with E-state index in [0.29, 0.717) is 0 Å². The van der Waals surface area contributed by atoms with E-state index >= 15 is 0 Å². The van der Waals surface area contributed by atoms with E-state index in [1.807, 2.05) is 0 Å². The van der Waals surface area contributed by atoms with Crippen LogP contribution >= 0.6 is 0 Å². The van der Waals surface area contributed by atoms with Gasteiger partial charge in [-0.2, -0.15) is 4.31 Å². The molecule has 130 valence electrons.